The van der Waals surface area contributed by atoms with Gasteiger partial charge in [-0.2, -0.15) is 0 Å². The molecule has 0 spiro atoms. The van der Waals surface area contributed by atoms with Crippen LogP contribution in [-0.4, -0.2) is 29.7 Å². The van der Waals surface area contributed by atoms with Gasteiger partial charge in [-0.15, -0.1) is 0 Å². The monoisotopic (exact) mass is 273 g/mol. The normalized spacial score (nSPS) is 9.85. The Morgan fingerprint density at radius 2 is 1.90 bits per heavy atom. The van der Waals surface area contributed by atoms with Gasteiger partial charge in [-0.25, -0.2) is 14.8 Å². The van der Waals surface area contributed by atoms with Gasteiger partial charge in [0.15, 0.2) is 0 Å². The SMILES string of the molecule is COc1ccc(CCNC(=O)Oc2ncccn2)cc1. The Kier molecular flexibility index (Phi) is 4.88. The number of rotatable bonds is 5. The van der Waals surface area contributed by atoms with Gasteiger partial charge in [-0.3, -0.25) is 0 Å². The molecular weight excluding hydrogens is 258 g/mol. The molecule has 20 heavy (non-hydrogen) atoms. The van der Waals surface area contributed by atoms with Gasteiger partial charge in [-0.05, 0) is 30.2 Å². The minimum absolute atomic E-state index is 0.0365. The largest absolute Gasteiger partial charge is 0.497 e. The van der Waals surface area contributed by atoms with Gasteiger partial charge in [0.1, 0.15) is 5.75 Å². The van der Waals surface area contributed by atoms with Crippen molar-refractivity contribution >= 4 is 6.09 Å². The smallest absolute Gasteiger partial charge is 0.415 e. The van der Waals surface area contributed by atoms with Gasteiger partial charge in [0, 0.05) is 18.9 Å². The van der Waals surface area contributed by atoms with Crippen molar-refractivity contribution in [3.8, 4) is 11.8 Å². The first kappa shape index (κ1) is 13.8. The molecule has 0 aliphatic heterocycles. The number of hydrogen-bond donors (Lipinski definition) is 1. The van der Waals surface area contributed by atoms with E-state index in [9.17, 15) is 4.79 Å². The molecule has 0 aliphatic rings. The molecule has 1 heterocycles. The summed E-state index contributed by atoms with van der Waals surface area (Å²) in [6, 6.07) is 9.35. The van der Waals surface area contributed by atoms with E-state index in [4.69, 9.17) is 9.47 Å². The zero-order chi connectivity index (χ0) is 14.2. The predicted molar refractivity (Wildman–Crippen MR) is 72.8 cm³/mol. The molecule has 6 nitrogen and oxygen atoms in total. The Morgan fingerprint density at radius 3 is 2.55 bits per heavy atom. The molecule has 0 bridgehead atoms. The van der Waals surface area contributed by atoms with E-state index in [0.717, 1.165) is 11.3 Å². The van der Waals surface area contributed by atoms with Crippen LogP contribution in [0.4, 0.5) is 4.79 Å². The van der Waals surface area contributed by atoms with Crippen LogP contribution in [0.25, 0.3) is 0 Å². The van der Waals surface area contributed by atoms with Crippen LogP contribution in [0.1, 0.15) is 5.56 Å². The van der Waals surface area contributed by atoms with Gasteiger partial charge in [0.2, 0.25) is 0 Å². The fourth-order valence-corrected chi connectivity index (χ4v) is 1.56. The average molecular weight is 273 g/mol. The fourth-order valence-electron chi connectivity index (χ4n) is 1.56. The second-order valence-electron chi connectivity index (χ2n) is 3.95. The topological polar surface area (TPSA) is 73.3 Å². The highest BCUT2D eigenvalue weighted by Crippen LogP contribution is 2.11. The molecule has 0 atom stereocenters. The Labute approximate surface area is 116 Å². The third-order valence-corrected chi connectivity index (χ3v) is 2.57. The maximum Gasteiger partial charge on any atom is 0.415 e. The van der Waals surface area contributed by atoms with Gasteiger partial charge < -0.3 is 14.8 Å². The van der Waals surface area contributed by atoms with Crippen LogP contribution < -0.4 is 14.8 Å². The van der Waals surface area contributed by atoms with Crippen LogP contribution in [-0.2, 0) is 6.42 Å². The summed E-state index contributed by atoms with van der Waals surface area (Å²) in [7, 11) is 1.62. The molecule has 1 aromatic heterocycles. The molecule has 1 aromatic carbocycles. The number of aromatic nitrogens is 2. The molecular formula is C14H15N3O3. The van der Waals surface area contributed by atoms with Gasteiger partial charge in [0.05, 0.1) is 7.11 Å². The van der Waals surface area contributed by atoms with E-state index in [1.165, 1.54) is 12.4 Å². The van der Waals surface area contributed by atoms with Crippen LogP contribution >= 0.6 is 0 Å². The highest BCUT2D eigenvalue weighted by molar-refractivity contribution is 5.69. The second-order valence-corrected chi connectivity index (χ2v) is 3.95. The quantitative estimate of drug-likeness (QED) is 0.899. The maximum absolute atomic E-state index is 11.5. The van der Waals surface area contributed by atoms with E-state index in [1.54, 1.807) is 13.2 Å². The zero-order valence-corrected chi connectivity index (χ0v) is 11.1. The summed E-state index contributed by atoms with van der Waals surface area (Å²) >= 11 is 0. The fraction of sp³-hybridized carbons (Fsp3) is 0.214. The van der Waals surface area contributed by atoms with Gasteiger partial charge in [-0.1, -0.05) is 12.1 Å². The van der Waals surface area contributed by atoms with Crippen molar-refractivity contribution in [2.24, 2.45) is 0 Å². The van der Waals surface area contributed by atoms with Crippen LogP contribution in [0.15, 0.2) is 42.7 Å². The molecule has 1 N–H and O–H groups in total. The first-order valence-electron chi connectivity index (χ1n) is 6.13. The van der Waals surface area contributed by atoms with Crippen molar-refractivity contribution in [2.75, 3.05) is 13.7 Å². The summed E-state index contributed by atoms with van der Waals surface area (Å²) in [6.07, 6.45) is 3.15. The predicted octanol–water partition coefficient (Wildman–Crippen LogP) is 1.82. The highest BCUT2D eigenvalue weighted by atomic mass is 16.6. The zero-order valence-electron chi connectivity index (χ0n) is 11.1. The maximum atomic E-state index is 11.5. The number of ether oxygens (including phenoxy) is 2. The lowest BCUT2D eigenvalue weighted by atomic mass is 10.1. The van der Waals surface area contributed by atoms with Gasteiger partial charge >= 0.3 is 12.1 Å². The third-order valence-electron chi connectivity index (χ3n) is 2.57. The van der Waals surface area contributed by atoms with Crippen LogP contribution in [0, 0.1) is 0 Å². The van der Waals surface area contributed by atoms with E-state index in [1.807, 2.05) is 24.3 Å². The molecule has 2 rings (SSSR count). The molecule has 6 heteroatoms. The van der Waals surface area contributed by atoms with E-state index in [0.29, 0.717) is 13.0 Å². The summed E-state index contributed by atoms with van der Waals surface area (Å²) in [5.74, 6) is 0.808. The first-order chi connectivity index (χ1) is 9.78. The summed E-state index contributed by atoms with van der Waals surface area (Å²) < 4.78 is 9.97. The summed E-state index contributed by atoms with van der Waals surface area (Å²) in [5.41, 5.74) is 1.10. The number of carbonyl (C=O) groups is 1. The van der Waals surface area contributed by atoms with E-state index < -0.39 is 6.09 Å². The first-order valence-corrected chi connectivity index (χ1v) is 6.13. The number of methoxy groups -OCH3 is 1. The number of nitrogens with zero attached hydrogens (tertiary/aromatic N) is 2. The second kappa shape index (κ2) is 7.08. The molecule has 1 amide bonds. The number of hydrogen-bond acceptors (Lipinski definition) is 5. The number of amides is 1. The standard InChI is InChI=1S/C14H15N3O3/c1-19-12-5-3-11(4-6-12)7-10-17-14(18)20-13-15-8-2-9-16-13/h2-6,8-9H,7,10H2,1H3,(H,17,18). The molecule has 104 valence electrons. The summed E-state index contributed by atoms with van der Waals surface area (Å²) in [5, 5.41) is 2.64. The molecule has 0 unspecified atom stereocenters. The minimum atomic E-state index is -0.565. The number of carbonyl (C=O) groups excluding carboxylic acids is 1. The molecule has 2 aromatic rings. The van der Waals surface area contributed by atoms with E-state index in [2.05, 4.69) is 15.3 Å². The van der Waals surface area contributed by atoms with Crippen molar-refractivity contribution in [2.45, 2.75) is 6.42 Å². The van der Waals surface area contributed by atoms with Crippen LogP contribution in [0.3, 0.4) is 0 Å². The Morgan fingerprint density at radius 1 is 1.20 bits per heavy atom. The Bertz CT molecular complexity index is 543. The van der Waals surface area contributed by atoms with E-state index in [-0.39, 0.29) is 6.01 Å². The number of benzene rings is 1. The molecule has 0 saturated heterocycles. The molecule has 0 fully saturated rings. The Hall–Kier alpha value is -2.63. The molecule has 0 aliphatic carbocycles. The lowest BCUT2D eigenvalue weighted by molar-refractivity contribution is 0.196. The van der Waals surface area contributed by atoms with Crippen molar-refractivity contribution in [3.05, 3.63) is 48.3 Å². The lowest BCUT2D eigenvalue weighted by Crippen LogP contribution is -2.29. The average Bonchev–Trinajstić information content (AvgIpc) is 2.49. The molecule has 0 saturated carbocycles. The summed E-state index contributed by atoms with van der Waals surface area (Å²) in [6.45, 7) is 0.470. The Balaban J connectivity index is 1.73. The van der Waals surface area contributed by atoms with Crippen molar-refractivity contribution in [3.63, 3.8) is 0 Å². The van der Waals surface area contributed by atoms with E-state index >= 15 is 0 Å². The van der Waals surface area contributed by atoms with Crippen molar-refractivity contribution in [1.29, 1.82) is 0 Å². The number of nitrogens with one attached hydrogen (secondary N) is 1. The van der Waals surface area contributed by atoms with Gasteiger partial charge in [0.25, 0.3) is 0 Å². The lowest BCUT2D eigenvalue weighted by Gasteiger charge is -2.06. The third kappa shape index (κ3) is 4.24. The summed E-state index contributed by atoms with van der Waals surface area (Å²) in [4.78, 5) is 19.1. The van der Waals surface area contributed by atoms with Crippen LogP contribution in [0.5, 0.6) is 11.8 Å². The van der Waals surface area contributed by atoms with Crippen molar-refractivity contribution in [1.82, 2.24) is 15.3 Å². The van der Waals surface area contributed by atoms with Crippen molar-refractivity contribution < 1.29 is 14.3 Å². The minimum Gasteiger partial charge on any atom is -0.497 e. The van der Waals surface area contributed by atoms with Crippen LogP contribution in [0.2, 0.25) is 0 Å². The highest BCUT2D eigenvalue weighted by Gasteiger charge is 2.05. The molecule has 0 radical (unpaired) electrons.